The van der Waals surface area contributed by atoms with Gasteiger partial charge in [0.2, 0.25) is 5.91 Å². The molecule has 18 heavy (non-hydrogen) atoms. The molecule has 0 bridgehead atoms. The predicted molar refractivity (Wildman–Crippen MR) is 73.2 cm³/mol. The van der Waals surface area contributed by atoms with Crippen LogP contribution in [0.3, 0.4) is 0 Å². The maximum Gasteiger partial charge on any atom is 0.322 e. The highest BCUT2D eigenvalue weighted by Gasteiger charge is 2.10. The third-order valence-corrected chi connectivity index (χ3v) is 3.07. The number of aliphatic carboxylic acids is 1. The summed E-state index contributed by atoms with van der Waals surface area (Å²) in [5, 5.41) is 12.8. The highest BCUT2D eigenvalue weighted by Crippen LogP contribution is 2.11. The number of thiophene rings is 1. The second-order valence-corrected chi connectivity index (χ2v) is 4.59. The molecule has 0 saturated heterocycles. The molecule has 0 aliphatic carbocycles. The van der Waals surface area contributed by atoms with Gasteiger partial charge >= 0.3 is 5.97 Å². The second-order valence-electron chi connectivity index (χ2n) is 3.55. The zero-order valence-electron chi connectivity index (χ0n) is 10.1. The molecule has 1 heterocycles. The minimum Gasteiger partial charge on any atom is -0.480 e. The number of nitrogens with one attached hydrogen (secondary N) is 1. The van der Waals surface area contributed by atoms with Gasteiger partial charge < -0.3 is 10.4 Å². The van der Waals surface area contributed by atoms with Crippen molar-refractivity contribution in [2.75, 3.05) is 19.6 Å². The average Bonchev–Trinajstić information content (AvgIpc) is 2.78. The van der Waals surface area contributed by atoms with Gasteiger partial charge in [0.05, 0.1) is 6.54 Å². The summed E-state index contributed by atoms with van der Waals surface area (Å²) < 4.78 is 0. The molecule has 102 valence electrons. The molecule has 0 unspecified atom stereocenters. The predicted octanol–water partition coefficient (Wildman–Crippen LogP) is 1.19. The van der Waals surface area contributed by atoms with Crippen molar-refractivity contribution in [3.05, 3.63) is 22.4 Å². The van der Waals surface area contributed by atoms with E-state index in [0.29, 0.717) is 6.54 Å². The Morgan fingerprint density at radius 3 is 2.72 bits per heavy atom. The first-order chi connectivity index (χ1) is 8.11. The van der Waals surface area contributed by atoms with E-state index in [1.807, 2.05) is 29.3 Å². The molecule has 1 rings (SSSR count). The van der Waals surface area contributed by atoms with Crippen molar-refractivity contribution in [1.29, 1.82) is 0 Å². The van der Waals surface area contributed by atoms with E-state index >= 15 is 0 Å². The average molecular weight is 293 g/mol. The Kier molecular flexibility index (Phi) is 8.36. The van der Waals surface area contributed by atoms with Crippen LogP contribution in [-0.4, -0.2) is 41.5 Å². The van der Waals surface area contributed by atoms with Gasteiger partial charge in [-0.25, -0.2) is 0 Å². The lowest BCUT2D eigenvalue weighted by atomic mass is 10.4. The molecule has 0 atom stereocenters. The standard InChI is InChI=1S/C11H16N2O3S.ClH/c1-2-13(7-9-4-3-5-17-9)8-10(14)12-6-11(15)16;/h3-5H,2,6-8H2,1H3,(H,12,14)(H,15,16);1H. The first-order valence-electron chi connectivity index (χ1n) is 5.35. The molecule has 7 heteroatoms. The summed E-state index contributed by atoms with van der Waals surface area (Å²) >= 11 is 1.64. The quantitative estimate of drug-likeness (QED) is 0.792. The fourth-order valence-corrected chi connectivity index (χ4v) is 2.08. The van der Waals surface area contributed by atoms with Crippen molar-refractivity contribution in [3.63, 3.8) is 0 Å². The van der Waals surface area contributed by atoms with Crippen molar-refractivity contribution in [2.45, 2.75) is 13.5 Å². The van der Waals surface area contributed by atoms with Crippen LogP contribution in [0.1, 0.15) is 11.8 Å². The van der Waals surface area contributed by atoms with E-state index in [0.717, 1.165) is 6.54 Å². The lowest BCUT2D eigenvalue weighted by Crippen LogP contribution is -2.38. The van der Waals surface area contributed by atoms with Crippen LogP contribution < -0.4 is 5.32 Å². The fraction of sp³-hybridized carbons (Fsp3) is 0.455. The molecular formula is C11H17ClN2O3S. The molecule has 0 radical (unpaired) electrons. The Bertz CT molecular complexity index is 370. The van der Waals surface area contributed by atoms with Gasteiger partial charge in [0, 0.05) is 11.4 Å². The largest absolute Gasteiger partial charge is 0.480 e. The number of rotatable bonds is 7. The number of carbonyl (C=O) groups excluding carboxylic acids is 1. The van der Waals surface area contributed by atoms with Gasteiger partial charge in [-0.2, -0.15) is 0 Å². The first kappa shape index (κ1) is 16.9. The minimum atomic E-state index is -1.03. The number of likely N-dealkylation sites (N-methyl/N-ethyl adjacent to an activating group) is 1. The third-order valence-electron chi connectivity index (χ3n) is 2.21. The summed E-state index contributed by atoms with van der Waals surface area (Å²) in [6, 6.07) is 3.99. The van der Waals surface area contributed by atoms with Crippen LogP contribution in [0.4, 0.5) is 0 Å². The maximum absolute atomic E-state index is 11.4. The Labute approximate surface area is 116 Å². The Morgan fingerprint density at radius 2 is 2.22 bits per heavy atom. The molecule has 0 aliphatic heterocycles. The van der Waals surface area contributed by atoms with E-state index in [4.69, 9.17) is 5.11 Å². The summed E-state index contributed by atoms with van der Waals surface area (Å²) in [6.07, 6.45) is 0. The van der Waals surface area contributed by atoms with Gasteiger partial charge in [-0.15, -0.1) is 23.7 Å². The number of carboxylic acid groups (broad SMARTS) is 1. The number of halogens is 1. The number of hydrogen-bond acceptors (Lipinski definition) is 4. The molecule has 0 spiro atoms. The smallest absolute Gasteiger partial charge is 0.322 e. The zero-order valence-corrected chi connectivity index (χ0v) is 11.7. The molecule has 2 N–H and O–H groups in total. The van der Waals surface area contributed by atoms with E-state index in [2.05, 4.69) is 5.32 Å². The molecule has 0 fully saturated rings. The van der Waals surface area contributed by atoms with Crippen molar-refractivity contribution in [3.8, 4) is 0 Å². The molecule has 1 amide bonds. The first-order valence-corrected chi connectivity index (χ1v) is 6.23. The molecule has 0 saturated carbocycles. The number of carbonyl (C=O) groups is 2. The summed E-state index contributed by atoms with van der Waals surface area (Å²) in [6.45, 7) is 3.34. The van der Waals surface area contributed by atoms with Gasteiger partial charge in [-0.1, -0.05) is 13.0 Å². The Morgan fingerprint density at radius 1 is 1.50 bits per heavy atom. The topological polar surface area (TPSA) is 69.6 Å². The molecule has 1 aromatic heterocycles. The van der Waals surface area contributed by atoms with Crippen LogP contribution in [0.5, 0.6) is 0 Å². The Hall–Kier alpha value is -1.11. The van der Waals surface area contributed by atoms with Crippen molar-refractivity contribution in [2.24, 2.45) is 0 Å². The van der Waals surface area contributed by atoms with Crippen LogP contribution in [0.15, 0.2) is 17.5 Å². The van der Waals surface area contributed by atoms with Gasteiger partial charge in [0.1, 0.15) is 6.54 Å². The monoisotopic (exact) mass is 292 g/mol. The van der Waals surface area contributed by atoms with Gasteiger partial charge in [0.25, 0.3) is 0 Å². The second kappa shape index (κ2) is 8.91. The van der Waals surface area contributed by atoms with Gasteiger partial charge in [0.15, 0.2) is 0 Å². The van der Waals surface area contributed by atoms with E-state index in [-0.39, 0.29) is 31.4 Å². The fourth-order valence-electron chi connectivity index (χ4n) is 1.34. The summed E-state index contributed by atoms with van der Waals surface area (Å²) in [5.74, 6) is -1.29. The van der Waals surface area contributed by atoms with Gasteiger partial charge in [-0.3, -0.25) is 14.5 Å². The lowest BCUT2D eigenvalue weighted by molar-refractivity contribution is -0.138. The van der Waals surface area contributed by atoms with Crippen molar-refractivity contribution in [1.82, 2.24) is 10.2 Å². The van der Waals surface area contributed by atoms with Crippen LogP contribution >= 0.6 is 23.7 Å². The normalized spacial score (nSPS) is 9.89. The van der Waals surface area contributed by atoms with Gasteiger partial charge in [-0.05, 0) is 18.0 Å². The number of nitrogens with zero attached hydrogens (tertiary/aromatic N) is 1. The summed E-state index contributed by atoms with van der Waals surface area (Å²) in [7, 11) is 0. The molecule has 0 aromatic carbocycles. The van der Waals surface area contributed by atoms with E-state index < -0.39 is 5.97 Å². The van der Waals surface area contributed by atoms with Crippen LogP contribution in [-0.2, 0) is 16.1 Å². The third kappa shape index (κ3) is 6.58. The SMILES string of the molecule is CCN(CC(=O)NCC(=O)O)Cc1cccs1.Cl. The van der Waals surface area contributed by atoms with E-state index in [1.165, 1.54) is 4.88 Å². The highest BCUT2D eigenvalue weighted by atomic mass is 35.5. The highest BCUT2D eigenvalue weighted by molar-refractivity contribution is 7.09. The van der Waals surface area contributed by atoms with Crippen LogP contribution in [0.25, 0.3) is 0 Å². The number of amides is 1. The minimum absolute atomic E-state index is 0. The summed E-state index contributed by atoms with van der Waals surface area (Å²) in [5.41, 5.74) is 0. The van der Waals surface area contributed by atoms with E-state index in [1.54, 1.807) is 11.3 Å². The maximum atomic E-state index is 11.4. The molecule has 0 aliphatic rings. The van der Waals surface area contributed by atoms with Crippen molar-refractivity contribution < 1.29 is 14.7 Å². The van der Waals surface area contributed by atoms with Crippen LogP contribution in [0.2, 0.25) is 0 Å². The van der Waals surface area contributed by atoms with Crippen molar-refractivity contribution >= 4 is 35.6 Å². The lowest BCUT2D eigenvalue weighted by Gasteiger charge is -2.18. The van der Waals surface area contributed by atoms with E-state index in [9.17, 15) is 9.59 Å². The number of carboxylic acids is 1. The molecule has 5 nitrogen and oxygen atoms in total. The van der Waals surface area contributed by atoms with Crippen LogP contribution in [0, 0.1) is 0 Å². The zero-order chi connectivity index (χ0) is 12.7. The molecule has 1 aromatic rings. The summed E-state index contributed by atoms with van der Waals surface area (Å²) in [4.78, 5) is 24.9. The number of hydrogen-bond donors (Lipinski definition) is 2. The Balaban J connectivity index is 0.00000289. The molecular weight excluding hydrogens is 276 g/mol.